The zero-order valence-corrected chi connectivity index (χ0v) is 19.8. The van der Waals surface area contributed by atoms with Gasteiger partial charge in [-0.25, -0.2) is 9.82 Å². The van der Waals surface area contributed by atoms with Crippen molar-refractivity contribution in [2.45, 2.75) is 38.5 Å². The second-order valence-corrected chi connectivity index (χ2v) is 8.41. The highest BCUT2D eigenvalue weighted by Crippen LogP contribution is 2.36. The van der Waals surface area contributed by atoms with E-state index in [2.05, 4.69) is 10.5 Å². The van der Waals surface area contributed by atoms with Crippen LogP contribution in [0.3, 0.4) is 0 Å². The molecule has 12 heteroatoms. The third kappa shape index (κ3) is 7.23. The van der Waals surface area contributed by atoms with Crippen LogP contribution in [0, 0.1) is 12.7 Å². The van der Waals surface area contributed by atoms with E-state index in [-0.39, 0.29) is 19.0 Å². The Balaban J connectivity index is 1.87. The molecule has 1 aliphatic rings. The summed E-state index contributed by atoms with van der Waals surface area (Å²) in [5.74, 6) is -1.15. The fourth-order valence-electron chi connectivity index (χ4n) is 3.91. The molecule has 1 aliphatic heterocycles. The molecule has 0 aliphatic carbocycles. The Bertz CT molecular complexity index is 1080. The summed E-state index contributed by atoms with van der Waals surface area (Å²) in [5.41, 5.74) is 8.68. The number of nitrogens with one attached hydrogen (secondary N) is 1. The van der Waals surface area contributed by atoms with Gasteiger partial charge in [-0.3, -0.25) is 9.69 Å². The molecule has 0 unspecified atom stereocenters. The number of hydrogen-bond acceptors (Lipinski definition) is 6. The number of amides is 1. The van der Waals surface area contributed by atoms with Gasteiger partial charge in [0.05, 0.1) is 30.9 Å². The van der Waals surface area contributed by atoms with Crippen LogP contribution in [0.5, 0.6) is 0 Å². The van der Waals surface area contributed by atoms with E-state index >= 15 is 0 Å². The molecule has 8 nitrogen and oxygen atoms in total. The number of nitrogens with zero attached hydrogens (tertiary/aromatic N) is 2. The first-order valence-electron chi connectivity index (χ1n) is 11.1. The summed E-state index contributed by atoms with van der Waals surface area (Å²) in [7, 11) is 0. The molecule has 0 bridgehead atoms. The number of carbonyl (C=O) groups is 1. The first-order chi connectivity index (χ1) is 17.0. The monoisotopic (exact) mass is 512 g/mol. The molecule has 0 spiro atoms. The van der Waals surface area contributed by atoms with Crippen LogP contribution in [0.2, 0.25) is 0 Å². The number of nitrogens with two attached hydrogens (primary N) is 1. The minimum atomic E-state index is -4.50. The van der Waals surface area contributed by atoms with Crippen LogP contribution in [0.15, 0.2) is 47.6 Å². The average Bonchev–Trinajstić information content (AvgIpc) is 2.82. The van der Waals surface area contributed by atoms with Crippen molar-refractivity contribution in [2.24, 2.45) is 10.8 Å². The lowest BCUT2D eigenvalue weighted by Crippen LogP contribution is -2.49. The number of morpholine rings is 1. The van der Waals surface area contributed by atoms with Gasteiger partial charge in [-0.1, -0.05) is 23.8 Å². The number of alkyl halides is 3. The van der Waals surface area contributed by atoms with E-state index in [1.54, 1.807) is 32.0 Å². The lowest BCUT2D eigenvalue weighted by atomic mass is 10.0. The molecule has 4 N–H and O–H groups in total. The van der Waals surface area contributed by atoms with Crippen LogP contribution >= 0.6 is 0 Å². The van der Waals surface area contributed by atoms with Crippen LogP contribution in [0.25, 0.3) is 0 Å². The molecule has 0 aromatic heterocycles. The number of aryl methyl sites for hydroxylation is 1. The third-order valence-corrected chi connectivity index (χ3v) is 5.59. The van der Waals surface area contributed by atoms with Crippen LogP contribution in [0.4, 0.5) is 17.6 Å². The molecule has 36 heavy (non-hydrogen) atoms. The highest BCUT2D eigenvalue weighted by molar-refractivity contribution is 5.85. The first-order valence-corrected chi connectivity index (χ1v) is 11.1. The normalized spacial score (nSPS) is 20.2. The largest absolute Gasteiger partial charge is 0.416 e. The van der Waals surface area contributed by atoms with Crippen molar-refractivity contribution >= 4 is 11.7 Å². The molecule has 1 heterocycles. The molecule has 196 valence electrons. The molecule has 0 radical (unpaired) electrons. The van der Waals surface area contributed by atoms with Crippen molar-refractivity contribution in [1.29, 1.82) is 0 Å². The molecule has 3 atom stereocenters. The number of amidine groups is 1. The number of hydrazone groups is 1. The Morgan fingerprint density at radius 2 is 2.00 bits per heavy atom. The van der Waals surface area contributed by atoms with Gasteiger partial charge in [0.1, 0.15) is 18.3 Å². The fourth-order valence-corrected chi connectivity index (χ4v) is 3.91. The molecule has 2 aromatic rings. The Kier molecular flexibility index (Phi) is 9.01. The van der Waals surface area contributed by atoms with E-state index in [4.69, 9.17) is 20.3 Å². The van der Waals surface area contributed by atoms with Crippen molar-refractivity contribution in [1.82, 2.24) is 10.3 Å². The second-order valence-electron chi connectivity index (χ2n) is 8.41. The molecular formula is C24H28F4N4O4. The van der Waals surface area contributed by atoms with Crippen LogP contribution in [0.1, 0.15) is 41.3 Å². The van der Waals surface area contributed by atoms with Crippen molar-refractivity contribution in [3.8, 4) is 0 Å². The van der Waals surface area contributed by atoms with Crippen LogP contribution in [-0.2, 0) is 20.4 Å². The number of carbonyl (C=O) groups excluding carboxylic acids is 1. The zero-order chi connectivity index (χ0) is 26.5. The maximum absolute atomic E-state index is 13.6. The number of ether oxygens (including phenoxy) is 2. The lowest BCUT2D eigenvalue weighted by molar-refractivity contribution is -0.227. The summed E-state index contributed by atoms with van der Waals surface area (Å²) >= 11 is 0. The van der Waals surface area contributed by atoms with E-state index in [9.17, 15) is 22.4 Å². The Labute approximate surface area is 205 Å². The zero-order valence-electron chi connectivity index (χ0n) is 19.8. The van der Waals surface area contributed by atoms with Crippen molar-refractivity contribution in [2.75, 3.05) is 26.3 Å². The van der Waals surface area contributed by atoms with E-state index in [0.29, 0.717) is 23.2 Å². The molecule has 1 fully saturated rings. The predicted octanol–water partition coefficient (Wildman–Crippen LogP) is 3.01. The number of aliphatic hydroxyl groups is 1. The minimum absolute atomic E-state index is 0.0334. The van der Waals surface area contributed by atoms with Gasteiger partial charge < -0.3 is 20.3 Å². The Hall–Kier alpha value is -3.06. The standard InChI is InChI=1S/C24H28F4N4O4/c1-14-9-17(11-18(10-14)24(26,27)28)15(2)36-23-22(16-3-5-19(25)6-4-16)32(7-8-35-23)12-20(29)30-31-21(34)13-33/h3-6,9-11,15,22-23,33H,7-8,12-13H2,1-2H3,(H2,29,30)(H,31,34)/t15-,22+,23-/m1/s1. The summed E-state index contributed by atoms with van der Waals surface area (Å²) in [6.07, 6.45) is -6.21. The molecule has 1 saturated heterocycles. The van der Waals surface area contributed by atoms with Crippen molar-refractivity contribution in [3.63, 3.8) is 0 Å². The van der Waals surface area contributed by atoms with Gasteiger partial charge in [-0.2, -0.15) is 18.3 Å². The van der Waals surface area contributed by atoms with Gasteiger partial charge in [-0.05, 0) is 49.2 Å². The predicted molar refractivity (Wildman–Crippen MR) is 123 cm³/mol. The first kappa shape index (κ1) is 27.5. The number of halogens is 4. The van der Waals surface area contributed by atoms with Gasteiger partial charge in [0.15, 0.2) is 6.29 Å². The summed E-state index contributed by atoms with van der Waals surface area (Å²) in [4.78, 5) is 13.1. The summed E-state index contributed by atoms with van der Waals surface area (Å²) in [6, 6.07) is 8.76. The van der Waals surface area contributed by atoms with E-state index in [1.807, 2.05) is 4.90 Å². The van der Waals surface area contributed by atoms with Crippen molar-refractivity contribution < 1.29 is 36.9 Å². The van der Waals surface area contributed by atoms with Crippen LogP contribution < -0.4 is 11.2 Å². The van der Waals surface area contributed by atoms with Crippen molar-refractivity contribution in [3.05, 3.63) is 70.5 Å². The number of benzene rings is 2. The highest BCUT2D eigenvalue weighted by atomic mass is 19.4. The maximum Gasteiger partial charge on any atom is 0.416 e. The number of aliphatic hydroxyl groups excluding tert-OH is 1. The smallest absolute Gasteiger partial charge is 0.386 e. The Morgan fingerprint density at radius 3 is 2.64 bits per heavy atom. The van der Waals surface area contributed by atoms with E-state index in [0.717, 1.165) is 12.1 Å². The SMILES string of the molecule is Cc1cc([C@@H](C)O[C@H]2OCCN(C/C(N)=N/NC(=O)CO)[C@H]2c2ccc(F)cc2)cc(C(F)(F)F)c1. The van der Waals surface area contributed by atoms with Gasteiger partial charge in [0.2, 0.25) is 0 Å². The number of hydrogen-bond donors (Lipinski definition) is 3. The quantitative estimate of drug-likeness (QED) is 0.217. The van der Waals surface area contributed by atoms with Gasteiger partial charge >= 0.3 is 6.18 Å². The fraction of sp³-hybridized carbons (Fsp3) is 0.417. The van der Waals surface area contributed by atoms with E-state index < -0.39 is 48.5 Å². The molecule has 0 saturated carbocycles. The molecule has 3 rings (SSSR count). The van der Waals surface area contributed by atoms with Gasteiger partial charge in [0, 0.05) is 6.54 Å². The minimum Gasteiger partial charge on any atom is -0.386 e. The summed E-state index contributed by atoms with van der Waals surface area (Å²) < 4.78 is 65.6. The summed E-state index contributed by atoms with van der Waals surface area (Å²) in [5, 5.41) is 12.6. The lowest BCUT2D eigenvalue weighted by Gasteiger charge is -2.41. The Morgan fingerprint density at radius 1 is 1.31 bits per heavy atom. The van der Waals surface area contributed by atoms with E-state index in [1.165, 1.54) is 12.1 Å². The highest BCUT2D eigenvalue weighted by Gasteiger charge is 2.37. The molecular weight excluding hydrogens is 484 g/mol. The molecule has 1 amide bonds. The van der Waals surface area contributed by atoms with Gasteiger partial charge in [-0.15, -0.1) is 0 Å². The van der Waals surface area contributed by atoms with Gasteiger partial charge in [0.25, 0.3) is 5.91 Å². The summed E-state index contributed by atoms with van der Waals surface area (Å²) in [6.45, 7) is 3.10. The second kappa shape index (κ2) is 11.8. The topological polar surface area (TPSA) is 109 Å². The average molecular weight is 513 g/mol. The molecule has 2 aromatic carbocycles. The van der Waals surface area contributed by atoms with Crippen LogP contribution in [-0.4, -0.2) is 54.3 Å². The maximum atomic E-state index is 13.6. The number of rotatable bonds is 8. The third-order valence-electron chi connectivity index (χ3n) is 5.59.